The first-order valence-corrected chi connectivity index (χ1v) is 10.4. The Morgan fingerprint density at radius 2 is 1.78 bits per heavy atom. The zero-order chi connectivity index (χ0) is 22.8. The Labute approximate surface area is 184 Å². The lowest BCUT2D eigenvalue weighted by atomic mass is 10.2. The Hall–Kier alpha value is -3.66. The summed E-state index contributed by atoms with van der Waals surface area (Å²) in [5.41, 5.74) is 1.58. The molecule has 10 nitrogen and oxygen atoms in total. The van der Waals surface area contributed by atoms with Crippen molar-refractivity contribution in [1.82, 2.24) is 14.1 Å². The van der Waals surface area contributed by atoms with Crippen LogP contribution in [0.15, 0.2) is 39.9 Å². The van der Waals surface area contributed by atoms with Crippen LogP contribution in [0.3, 0.4) is 0 Å². The lowest BCUT2D eigenvalue weighted by Gasteiger charge is -2.28. The fraction of sp³-hybridized carbons (Fsp3) is 0.364. The molecule has 168 valence electrons. The molecule has 1 saturated heterocycles. The van der Waals surface area contributed by atoms with Gasteiger partial charge in [0.2, 0.25) is 5.91 Å². The molecular formula is C22H26N6O4. The molecule has 2 aromatic heterocycles. The topological polar surface area (TPSA) is 110 Å². The molecule has 4 rings (SSSR count). The minimum atomic E-state index is -0.467. The lowest BCUT2D eigenvalue weighted by molar-refractivity contribution is -0.114. The molecule has 3 aromatic rings. The van der Waals surface area contributed by atoms with Gasteiger partial charge in [-0.3, -0.25) is 18.7 Å². The molecule has 1 amide bonds. The van der Waals surface area contributed by atoms with E-state index in [1.165, 1.54) is 11.6 Å². The molecule has 0 aliphatic carbocycles. The monoisotopic (exact) mass is 438 g/mol. The van der Waals surface area contributed by atoms with E-state index in [1.54, 1.807) is 13.1 Å². The van der Waals surface area contributed by atoms with Crippen LogP contribution in [0.1, 0.15) is 5.56 Å². The van der Waals surface area contributed by atoms with Crippen molar-refractivity contribution in [3.05, 3.63) is 56.7 Å². The van der Waals surface area contributed by atoms with Crippen LogP contribution in [0.5, 0.6) is 0 Å². The molecule has 1 aliphatic heterocycles. The highest BCUT2D eigenvalue weighted by atomic mass is 16.5. The maximum absolute atomic E-state index is 12.9. The summed E-state index contributed by atoms with van der Waals surface area (Å²) in [6.45, 7) is 4.34. The van der Waals surface area contributed by atoms with Gasteiger partial charge in [-0.15, -0.1) is 0 Å². The van der Waals surface area contributed by atoms with Gasteiger partial charge in [0.05, 0.1) is 25.4 Å². The van der Waals surface area contributed by atoms with E-state index in [-0.39, 0.29) is 23.5 Å². The number of nitrogens with one attached hydrogen (secondary N) is 2. The number of rotatable bonds is 5. The predicted molar refractivity (Wildman–Crippen MR) is 124 cm³/mol. The van der Waals surface area contributed by atoms with Crippen LogP contribution in [0.2, 0.25) is 0 Å². The predicted octanol–water partition coefficient (Wildman–Crippen LogP) is 0.828. The first kappa shape index (κ1) is 21.6. The van der Waals surface area contributed by atoms with E-state index >= 15 is 0 Å². The highest BCUT2D eigenvalue weighted by Crippen LogP contribution is 2.25. The normalized spacial score (nSPS) is 13.9. The third-order valence-electron chi connectivity index (χ3n) is 5.51. The van der Waals surface area contributed by atoms with Crippen molar-refractivity contribution in [2.45, 2.75) is 6.92 Å². The Morgan fingerprint density at radius 1 is 1.09 bits per heavy atom. The van der Waals surface area contributed by atoms with Gasteiger partial charge >= 0.3 is 5.69 Å². The smallest absolute Gasteiger partial charge is 0.332 e. The molecule has 32 heavy (non-hydrogen) atoms. The number of hydrogen-bond donors (Lipinski definition) is 2. The number of benzene rings is 1. The Morgan fingerprint density at radius 3 is 2.47 bits per heavy atom. The standard InChI is InChI=1S/C22H26N6O4/c1-14-4-6-15(7-5-14)24-18(29)13-23-16-12-17(28-8-10-32-11-9-28)25-20-19(16)21(30)27(3)22(31)26(20)2/h4-7,12H,8-11,13H2,1-3H3,(H,23,25)(H,24,29). The number of aromatic nitrogens is 3. The van der Waals surface area contributed by atoms with E-state index in [9.17, 15) is 14.4 Å². The van der Waals surface area contributed by atoms with Crippen LogP contribution in [0, 0.1) is 6.92 Å². The zero-order valence-electron chi connectivity index (χ0n) is 18.3. The third-order valence-corrected chi connectivity index (χ3v) is 5.51. The summed E-state index contributed by atoms with van der Waals surface area (Å²) in [6.07, 6.45) is 0. The van der Waals surface area contributed by atoms with E-state index in [4.69, 9.17) is 4.74 Å². The highest BCUT2D eigenvalue weighted by molar-refractivity contribution is 5.96. The molecular weight excluding hydrogens is 412 g/mol. The number of hydrogen-bond acceptors (Lipinski definition) is 7. The van der Waals surface area contributed by atoms with Crippen LogP contribution in [0.25, 0.3) is 11.0 Å². The molecule has 3 heterocycles. The molecule has 1 aromatic carbocycles. The summed E-state index contributed by atoms with van der Waals surface area (Å²) in [5.74, 6) is 0.360. The molecule has 10 heteroatoms. The van der Waals surface area contributed by atoms with Crippen molar-refractivity contribution in [1.29, 1.82) is 0 Å². The number of aryl methyl sites for hydroxylation is 2. The van der Waals surface area contributed by atoms with Crippen molar-refractivity contribution in [3.63, 3.8) is 0 Å². The van der Waals surface area contributed by atoms with Crippen molar-refractivity contribution in [2.75, 3.05) is 48.4 Å². The average molecular weight is 438 g/mol. The zero-order valence-corrected chi connectivity index (χ0v) is 18.3. The van der Waals surface area contributed by atoms with E-state index in [0.29, 0.717) is 43.5 Å². The van der Waals surface area contributed by atoms with Crippen LogP contribution in [-0.4, -0.2) is 52.9 Å². The van der Waals surface area contributed by atoms with Gasteiger partial charge in [-0.1, -0.05) is 17.7 Å². The fourth-order valence-electron chi connectivity index (χ4n) is 3.65. The molecule has 2 N–H and O–H groups in total. The number of amides is 1. The maximum Gasteiger partial charge on any atom is 0.332 e. The van der Waals surface area contributed by atoms with Gasteiger partial charge in [0, 0.05) is 38.9 Å². The summed E-state index contributed by atoms with van der Waals surface area (Å²) in [4.78, 5) is 44.5. The van der Waals surface area contributed by atoms with Gasteiger partial charge in [-0.25, -0.2) is 9.78 Å². The van der Waals surface area contributed by atoms with Crippen LogP contribution < -0.4 is 26.8 Å². The summed E-state index contributed by atoms with van der Waals surface area (Å²) in [5, 5.41) is 6.16. The average Bonchev–Trinajstić information content (AvgIpc) is 2.81. The molecule has 0 saturated carbocycles. The minimum absolute atomic E-state index is 0.0540. The van der Waals surface area contributed by atoms with Crippen molar-refractivity contribution >= 4 is 34.1 Å². The van der Waals surface area contributed by atoms with Crippen LogP contribution in [-0.2, 0) is 23.6 Å². The number of nitrogens with zero attached hydrogens (tertiary/aromatic N) is 4. The summed E-state index contributed by atoms with van der Waals surface area (Å²) in [6, 6.07) is 9.24. The fourth-order valence-corrected chi connectivity index (χ4v) is 3.65. The molecule has 0 spiro atoms. The Balaban J connectivity index is 1.69. The molecule has 1 fully saturated rings. The van der Waals surface area contributed by atoms with Crippen molar-refractivity contribution in [3.8, 4) is 0 Å². The van der Waals surface area contributed by atoms with Gasteiger partial charge in [0.15, 0.2) is 5.65 Å². The van der Waals surface area contributed by atoms with E-state index < -0.39 is 11.2 Å². The second-order valence-electron chi connectivity index (χ2n) is 7.80. The first-order valence-electron chi connectivity index (χ1n) is 10.4. The second kappa shape index (κ2) is 8.83. The van der Waals surface area contributed by atoms with Gasteiger partial charge < -0.3 is 20.3 Å². The summed E-state index contributed by atoms with van der Waals surface area (Å²) in [7, 11) is 3.00. The maximum atomic E-state index is 12.9. The van der Waals surface area contributed by atoms with Gasteiger partial charge in [-0.2, -0.15) is 0 Å². The van der Waals surface area contributed by atoms with Gasteiger partial charge in [0.1, 0.15) is 11.2 Å². The van der Waals surface area contributed by atoms with E-state index in [1.807, 2.05) is 36.1 Å². The van der Waals surface area contributed by atoms with Gasteiger partial charge in [0.25, 0.3) is 5.56 Å². The number of ether oxygens (including phenoxy) is 1. The first-order chi connectivity index (χ1) is 15.3. The molecule has 0 radical (unpaired) electrons. The number of anilines is 3. The number of fused-ring (bicyclic) bond motifs is 1. The molecule has 0 unspecified atom stereocenters. The largest absolute Gasteiger partial charge is 0.378 e. The number of carbonyl (C=O) groups is 1. The van der Waals surface area contributed by atoms with Crippen LogP contribution in [0.4, 0.5) is 17.2 Å². The number of morpholine rings is 1. The highest BCUT2D eigenvalue weighted by Gasteiger charge is 2.20. The third kappa shape index (κ3) is 4.22. The summed E-state index contributed by atoms with van der Waals surface area (Å²) >= 11 is 0. The quantitative estimate of drug-likeness (QED) is 0.607. The molecule has 0 bridgehead atoms. The molecule has 0 atom stereocenters. The second-order valence-corrected chi connectivity index (χ2v) is 7.80. The Bertz CT molecular complexity index is 1270. The minimum Gasteiger partial charge on any atom is -0.378 e. The Kier molecular flexibility index (Phi) is 5.95. The molecule has 1 aliphatic rings. The van der Waals surface area contributed by atoms with Gasteiger partial charge in [-0.05, 0) is 19.1 Å². The summed E-state index contributed by atoms with van der Waals surface area (Å²) < 4.78 is 7.80. The number of carbonyl (C=O) groups excluding carboxylic acids is 1. The van der Waals surface area contributed by atoms with Crippen LogP contribution >= 0.6 is 0 Å². The SMILES string of the molecule is Cc1ccc(NC(=O)CNc2cc(N3CCOCC3)nc3c2c(=O)n(C)c(=O)n3C)cc1. The number of pyridine rings is 1. The lowest BCUT2D eigenvalue weighted by Crippen LogP contribution is -2.39. The van der Waals surface area contributed by atoms with Crippen molar-refractivity contribution < 1.29 is 9.53 Å². The van der Waals surface area contributed by atoms with Crippen molar-refractivity contribution in [2.24, 2.45) is 14.1 Å². The van der Waals surface area contributed by atoms with E-state index in [0.717, 1.165) is 10.1 Å². The van der Waals surface area contributed by atoms with E-state index in [2.05, 4.69) is 15.6 Å².